The van der Waals surface area contributed by atoms with Crippen molar-refractivity contribution in [2.24, 2.45) is 0 Å². The highest BCUT2D eigenvalue weighted by atomic mass is 32.2. The molecule has 0 aliphatic heterocycles. The van der Waals surface area contributed by atoms with Crippen LogP contribution in [-0.2, 0) is 26.2 Å². The molecule has 0 fully saturated rings. The molecule has 3 rings (SSSR count). The Bertz CT molecular complexity index is 1510. The molecule has 244 valence electrons. The van der Waals surface area contributed by atoms with Gasteiger partial charge in [0.05, 0.1) is 38.5 Å². The third-order valence-corrected chi connectivity index (χ3v) is 8.87. The molecule has 0 spiro atoms. The molecular weight excluding hydrogens is 598 g/mol. The second-order valence-electron chi connectivity index (χ2n) is 10.0. The summed E-state index contributed by atoms with van der Waals surface area (Å²) in [6, 6.07) is 17.0. The number of benzene rings is 3. The van der Waals surface area contributed by atoms with Crippen LogP contribution < -0.4 is 28.6 Å². The Kier molecular flexibility index (Phi) is 12.9. The minimum Gasteiger partial charge on any atom is -0.497 e. The lowest BCUT2D eigenvalue weighted by atomic mass is 10.1. The number of ether oxygens (including phenoxy) is 4. The van der Waals surface area contributed by atoms with Crippen LogP contribution in [0.15, 0.2) is 71.6 Å². The van der Waals surface area contributed by atoms with Gasteiger partial charge in [0.25, 0.3) is 10.0 Å². The fourth-order valence-electron chi connectivity index (χ4n) is 4.72. The Labute approximate surface area is 266 Å². The van der Waals surface area contributed by atoms with Gasteiger partial charge < -0.3 is 29.2 Å². The van der Waals surface area contributed by atoms with Crippen molar-refractivity contribution in [3.63, 3.8) is 0 Å². The molecule has 1 unspecified atom stereocenters. The van der Waals surface area contributed by atoms with E-state index in [0.29, 0.717) is 36.8 Å². The molecule has 45 heavy (non-hydrogen) atoms. The van der Waals surface area contributed by atoms with Crippen LogP contribution in [0.1, 0.15) is 39.2 Å². The van der Waals surface area contributed by atoms with Crippen LogP contribution in [0.3, 0.4) is 0 Å². The normalized spacial score (nSPS) is 11.7. The molecule has 0 aromatic heterocycles. The van der Waals surface area contributed by atoms with Crippen molar-refractivity contribution < 1.29 is 37.0 Å². The van der Waals surface area contributed by atoms with E-state index < -0.39 is 28.5 Å². The lowest BCUT2D eigenvalue weighted by Gasteiger charge is -2.33. The van der Waals surface area contributed by atoms with Gasteiger partial charge in [0, 0.05) is 19.2 Å². The molecule has 3 aromatic rings. The molecule has 0 saturated carbocycles. The predicted molar refractivity (Wildman–Crippen MR) is 173 cm³/mol. The summed E-state index contributed by atoms with van der Waals surface area (Å²) in [4.78, 5) is 28.9. The highest BCUT2D eigenvalue weighted by Gasteiger charge is 2.34. The maximum absolute atomic E-state index is 14.2. The fourth-order valence-corrected chi connectivity index (χ4v) is 6.15. The van der Waals surface area contributed by atoms with Crippen molar-refractivity contribution in [2.45, 2.75) is 51.1 Å². The number of amides is 2. The molecule has 1 N–H and O–H groups in total. The van der Waals surface area contributed by atoms with Gasteiger partial charge in [-0.25, -0.2) is 8.42 Å². The Hall–Kier alpha value is -4.45. The highest BCUT2D eigenvalue weighted by molar-refractivity contribution is 7.92. The molecule has 0 bridgehead atoms. The Balaban J connectivity index is 2.10. The van der Waals surface area contributed by atoms with Gasteiger partial charge in [0.15, 0.2) is 11.5 Å². The molecule has 0 aliphatic rings. The van der Waals surface area contributed by atoms with Gasteiger partial charge >= 0.3 is 0 Å². The zero-order chi connectivity index (χ0) is 33.0. The van der Waals surface area contributed by atoms with E-state index in [9.17, 15) is 18.0 Å². The number of methoxy groups -OCH3 is 3. The van der Waals surface area contributed by atoms with Crippen molar-refractivity contribution in [3.05, 3.63) is 72.3 Å². The van der Waals surface area contributed by atoms with E-state index in [1.807, 2.05) is 20.8 Å². The van der Waals surface area contributed by atoms with Gasteiger partial charge in [-0.15, -0.1) is 0 Å². The topological polar surface area (TPSA) is 124 Å². The van der Waals surface area contributed by atoms with E-state index in [1.54, 1.807) is 55.6 Å². The number of nitrogens with zero attached hydrogens (tertiary/aromatic N) is 2. The first-order chi connectivity index (χ1) is 21.6. The standard InChI is InChI=1S/C33H43N3O8S/c1-7-20-34-33(38)29(8-2)35(22-24-10-14-26(41-4)15-11-24)32(37)23-36(25-12-16-27(17-13-25)44-9-3)45(39,40)28-18-19-30(42-5)31(21-28)43-6/h10-19,21,29H,7-9,20,22-23H2,1-6H3,(H,34,38). The molecule has 3 aromatic carbocycles. The third-order valence-electron chi connectivity index (χ3n) is 7.10. The van der Waals surface area contributed by atoms with Crippen LogP contribution in [0.2, 0.25) is 0 Å². The van der Waals surface area contributed by atoms with Crippen LogP contribution in [0.5, 0.6) is 23.0 Å². The number of hydrogen-bond acceptors (Lipinski definition) is 8. The van der Waals surface area contributed by atoms with Crippen molar-refractivity contribution in [1.29, 1.82) is 0 Å². The van der Waals surface area contributed by atoms with Crippen molar-refractivity contribution in [3.8, 4) is 23.0 Å². The summed E-state index contributed by atoms with van der Waals surface area (Å²) in [5.41, 5.74) is 0.996. The molecule has 0 aliphatic carbocycles. The summed E-state index contributed by atoms with van der Waals surface area (Å²) in [5.74, 6) is 0.910. The monoisotopic (exact) mass is 641 g/mol. The van der Waals surface area contributed by atoms with Crippen molar-refractivity contribution in [1.82, 2.24) is 10.2 Å². The SMILES string of the molecule is CCCNC(=O)C(CC)N(Cc1ccc(OC)cc1)C(=O)CN(c1ccc(OCC)cc1)S(=O)(=O)c1ccc(OC)c(OC)c1. The van der Waals surface area contributed by atoms with Gasteiger partial charge in [-0.3, -0.25) is 13.9 Å². The van der Waals surface area contributed by atoms with E-state index in [2.05, 4.69) is 5.32 Å². The quantitative estimate of drug-likeness (QED) is 0.226. The number of rotatable bonds is 17. The van der Waals surface area contributed by atoms with Crippen LogP contribution in [0.4, 0.5) is 5.69 Å². The van der Waals surface area contributed by atoms with E-state index in [-0.39, 0.29) is 28.8 Å². The van der Waals surface area contributed by atoms with Gasteiger partial charge in [-0.2, -0.15) is 0 Å². The highest BCUT2D eigenvalue weighted by Crippen LogP contribution is 2.33. The van der Waals surface area contributed by atoms with Crippen LogP contribution in [0.25, 0.3) is 0 Å². The summed E-state index contributed by atoms with van der Waals surface area (Å²) < 4.78 is 51.0. The smallest absolute Gasteiger partial charge is 0.264 e. The van der Waals surface area contributed by atoms with Gasteiger partial charge in [0.1, 0.15) is 24.1 Å². The molecule has 11 nitrogen and oxygen atoms in total. The second kappa shape index (κ2) is 16.6. The summed E-state index contributed by atoms with van der Waals surface area (Å²) in [6.45, 7) is 5.99. The number of carbonyl (C=O) groups is 2. The lowest BCUT2D eigenvalue weighted by Crippen LogP contribution is -2.52. The maximum atomic E-state index is 14.2. The average Bonchev–Trinajstić information content (AvgIpc) is 3.06. The Morgan fingerprint density at radius 2 is 1.47 bits per heavy atom. The van der Waals surface area contributed by atoms with Gasteiger partial charge in [0.2, 0.25) is 11.8 Å². The summed E-state index contributed by atoms with van der Waals surface area (Å²) in [5, 5.41) is 2.88. The lowest BCUT2D eigenvalue weighted by molar-refractivity contribution is -0.140. The first kappa shape index (κ1) is 35.0. The molecule has 0 radical (unpaired) electrons. The summed E-state index contributed by atoms with van der Waals surface area (Å²) in [6.07, 6.45) is 1.05. The second-order valence-corrected chi connectivity index (χ2v) is 11.9. The number of hydrogen-bond donors (Lipinski definition) is 1. The zero-order valence-corrected chi connectivity index (χ0v) is 27.6. The third kappa shape index (κ3) is 8.81. The van der Waals surface area contributed by atoms with E-state index >= 15 is 0 Å². The number of nitrogens with one attached hydrogen (secondary N) is 1. The molecule has 2 amide bonds. The minimum atomic E-state index is -4.32. The molecule has 1 atom stereocenters. The predicted octanol–water partition coefficient (Wildman–Crippen LogP) is 4.64. The Morgan fingerprint density at radius 3 is 2.02 bits per heavy atom. The molecule has 0 heterocycles. The fraction of sp³-hybridized carbons (Fsp3) is 0.394. The number of carbonyl (C=O) groups excluding carboxylic acids is 2. The molecular formula is C33H43N3O8S. The molecule has 0 saturated heterocycles. The van der Waals surface area contributed by atoms with E-state index in [4.69, 9.17) is 18.9 Å². The summed E-state index contributed by atoms with van der Waals surface area (Å²) >= 11 is 0. The van der Waals surface area contributed by atoms with E-state index in [0.717, 1.165) is 16.3 Å². The van der Waals surface area contributed by atoms with Crippen LogP contribution in [-0.4, -0.2) is 72.2 Å². The summed E-state index contributed by atoms with van der Waals surface area (Å²) in [7, 11) is 0.102. The number of anilines is 1. The van der Waals surface area contributed by atoms with Crippen LogP contribution in [0, 0.1) is 0 Å². The van der Waals surface area contributed by atoms with Crippen molar-refractivity contribution >= 4 is 27.5 Å². The van der Waals surface area contributed by atoms with Crippen LogP contribution >= 0.6 is 0 Å². The first-order valence-corrected chi connectivity index (χ1v) is 16.2. The minimum absolute atomic E-state index is 0.0778. The maximum Gasteiger partial charge on any atom is 0.264 e. The first-order valence-electron chi connectivity index (χ1n) is 14.8. The zero-order valence-electron chi connectivity index (χ0n) is 26.7. The average molecular weight is 642 g/mol. The van der Waals surface area contributed by atoms with Crippen molar-refractivity contribution in [2.75, 3.05) is 45.3 Å². The van der Waals surface area contributed by atoms with E-state index in [1.165, 1.54) is 37.3 Å². The Morgan fingerprint density at radius 1 is 0.822 bits per heavy atom. The number of sulfonamides is 1. The van der Waals surface area contributed by atoms with Gasteiger partial charge in [-0.1, -0.05) is 26.0 Å². The molecule has 12 heteroatoms. The van der Waals surface area contributed by atoms with Gasteiger partial charge in [-0.05, 0) is 73.9 Å². The largest absolute Gasteiger partial charge is 0.497 e.